The van der Waals surface area contributed by atoms with E-state index in [9.17, 15) is 23.4 Å². The summed E-state index contributed by atoms with van der Waals surface area (Å²) < 4.78 is 45.3. The van der Waals surface area contributed by atoms with Gasteiger partial charge in [0.15, 0.2) is 5.82 Å². The van der Waals surface area contributed by atoms with E-state index in [4.69, 9.17) is 31.7 Å². The molecule has 2 saturated heterocycles. The first-order valence-electron chi connectivity index (χ1n) is 13.3. The van der Waals surface area contributed by atoms with Gasteiger partial charge in [-0.25, -0.2) is 9.97 Å². The summed E-state index contributed by atoms with van der Waals surface area (Å²) in [6.07, 6.45) is -4.99. The van der Waals surface area contributed by atoms with Crippen molar-refractivity contribution in [2.24, 2.45) is 5.41 Å². The van der Waals surface area contributed by atoms with E-state index >= 15 is 0 Å². The van der Waals surface area contributed by atoms with E-state index in [1.165, 1.54) is 18.7 Å². The van der Waals surface area contributed by atoms with Crippen LogP contribution < -0.4 is 15.0 Å². The highest BCUT2D eigenvalue weighted by atomic mass is 35.5. The SMILES string of the molecule is CNC[C@@H](O)COc1ccc(Cl)c(-c2nc(/C(C(C)=N)=C(\C)O)c(C)c(N3CC4(C3)CN(C(C)C(F)(F)F)C4)n2)c1. The van der Waals surface area contributed by atoms with Crippen LogP contribution in [-0.2, 0) is 0 Å². The molecule has 13 heteroatoms. The van der Waals surface area contributed by atoms with Gasteiger partial charge in [0.1, 0.15) is 36.1 Å². The summed E-state index contributed by atoms with van der Waals surface area (Å²) in [5.41, 5.74) is 1.58. The number of anilines is 1. The lowest BCUT2D eigenvalue weighted by Gasteiger charge is -2.62. The topological polar surface area (TPSA) is 118 Å². The number of nitrogens with one attached hydrogen (secondary N) is 2. The van der Waals surface area contributed by atoms with Crippen molar-refractivity contribution in [1.29, 1.82) is 5.41 Å². The van der Waals surface area contributed by atoms with Gasteiger partial charge in [-0.2, -0.15) is 13.2 Å². The number of benzene rings is 1. The fourth-order valence-electron chi connectivity index (χ4n) is 5.46. The molecule has 2 aromatic rings. The highest BCUT2D eigenvalue weighted by molar-refractivity contribution is 6.33. The molecule has 1 aromatic heterocycles. The van der Waals surface area contributed by atoms with Crippen LogP contribution in [0.1, 0.15) is 32.0 Å². The number of ether oxygens (including phenoxy) is 1. The largest absolute Gasteiger partial charge is 0.512 e. The Labute approximate surface area is 242 Å². The molecule has 1 aromatic carbocycles. The summed E-state index contributed by atoms with van der Waals surface area (Å²) in [7, 11) is 1.73. The maximum Gasteiger partial charge on any atom is 0.403 e. The number of likely N-dealkylation sites (tertiary alicyclic amines) is 1. The maximum atomic E-state index is 13.2. The van der Waals surface area contributed by atoms with E-state index in [1.54, 1.807) is 39.1 Å². The van der Waals surface area contributed by atoms with Crippen LogP contribution in [0.5, 0.6) is 5.75 Å². The van der Waals surface area contributed by atoms with E-state index in [0.29, 0.717) is 66.1 Å². The van der Waals surface area contributed by atoms with E-state index < -0.39 is 18.3 Å². The summed E-state index contributed by atoms with van der Waals surface area (Å²) in [6, 6.07) is 3.48. The molecule has 224 valence electrons. The second-order valence-electron chi connectivity index (χ2n) is 11.1. The minimum Gasteiger partial charge on any atom is -0.512 e. The molecule has 41 heavy (non-hydrogen) atoms. The molecule has 0 saturated carbocycles. The molecular formula is C28H36ClF3N6O3. The number of alkyl halides is 3. The Morgan fingerprint density at radius 3 is 2.44 bits per heavy atom. The van der Waals surface area contributed by atoms with Crippen LogP contribution in [0.25, 0.3) is 17.0 Å². The summed E-state index contributed by atoms with van der Waals surface area (Å²) in [5.74, 6) is 1.17. The molecule has 0 amide bonds. The van der Waals surface area contributed by atoms with Crippen LogP contribution in [-0.4, -0.2) is 95.5 Å². The van der Waals surface area contributed by atoms with Gasteiger partial charge in [0.2, 0.25) is 0 Å². The quantitative estimate of drug-likeness (QED) is 0.235. The Kier molecular flexibility index (Phi) is 8.89. The van der Waals surface area contributed by atoms with Gasteiger partial charge < -0.3 is 30.6 Å². The normalized spacial score (nSPS) is 18.8. The number of likely N-dealkylation sites (N-methyl/N-ethyl adjacent to an activating group) is 1. The average molecular weight is 597 g/mol. The molecule has 0 radical (unpaired) electrons. The lowest BCUT2D eigenvalue weighted by atomic mass is 9.72. The lowest BCUT2D eigenvalue weighted by Crippen LogP contribution is -2.74. The predicted octanol–water partition coefficient (Wildman–Crippen LogP) is 4.47. The first-order chi connectivity index (χ1) is 19.2. The Morgan fingerprint density at radius 1 is 1.22 bits per heavy atom. The summed E-state index contributed by atoms with van der Waals surface area (Å²) in [4.78, 5) is 13.0. The average Bonchev–Trinajstić information content (AvgIpc) is 2.82. The van der Waals surface area contributed by atoms with Gasteiger partial charge >= 0.3 is 6.18 Å². The summed E-state index contributed by atoms with van der Waals surface area (Å²) >= 11 is 6.57. The van der Waals surface area contributed by atoms with Crippen molar-refractivity contribution in [2.75, 3.05) is 51.3 Å². The van der Waals surface area contributed by atoms with Gasteiger partial charge in [-0.05, 0) is 52.9 Å². The number of halogens is 4. The zero-order chi connectivity index (χ0) is 30.3. The highest BCUT2D eigenvalue weighted by Gasteiger charge is 2.56. The maximum absolute atomic E-state index is 13.2. The smallest absolute Gasteiger partial charge is 0.403 e. The van der Waals surface area contributed by atoms with Crippen molar-refractivity contribution in [3.8, 4) is 17.1 Å². The van der Waals surface area contributed by atoms with Gasteiger partial charge in [-0.15, -0.1) is 0 Å². The van der Waals surface area contributed by atoms with Crippen LogP contribution in [0.15, 0.2) is 24.0 Å². The van der Waals surface area contributed by atoms with Gasteiger partial charge in [0.25, 0.3) is 0 Å². The zero-order valence-electron chi connectivity index (χ0n) is 23.7. The minimum atomic E-state index is -4.27. The first kappa shape index (κ1) is 31.0. The number of nitrogens with zero attached hydrogens (tertiary/aromatic N) is 4. The summed E-state index contributed by atoms with van der Waals surface area (Å²) in [5, 5.41) is 32.0. The first-order valence-corrected chi connectivity index (χ1v) is 13.7. The van der Waals surface area contributed by atoms with Crippen molar-refractivity contribution >= 4 is 28.7 Å². The fourth-order valence-corrected chi connectivity index (χ4v) is 5.66. The van der Waals surface area contributed by atoms with Gasteiger partial charge in [-0.1, -0.05) is 11.6 Å². The van der Waals surface area contributed by atoms with E-state index in [0.717, 1.165) is 0 Å². The molecule has 0 aliphatic carbocycles. The molecule has 3 heterocycles. The van der Waals surface area contributed by atoms with Crippen molar-refractivity contribution in [1.82, 2.24) is 20.2 Å². The second-order valence-corrected chi connectivity index (χ2v) is 11.5. The van der Waals surface area contributed by atoms with Crippen LogP contribution in [0, 0.1) is 17.7 Å². The van der Waals surface area contributed by atoms with Crippen molar-refractivity contribution in [3.63, 3.8) is 0 Å². The number of allylic oxidation sites excluding steroid dienone is 2. The standard InChI is InChI=1S/C28H36ClF3N6O3/c1-15-24(23(16(2)33)17(3)39)35-25(21-8-20(6-7-22(21)29)41-10-19(40)9-34-5)36-26(15)38-13-27(14-38)11-37(12-27)18(4)28(30,31)32/h6-8,18-19,33-34,39-40H,9-14H2,1-5H3/b23-17+,33-16?/t18?,19-/m1/s1. The molecule has 1 spiro atoms. The number of hydrogen-bond donors (Lipinski definition) is 4. The van der Waals surface area contributed by atoms with E-state index in [2.05, 4.69) is 5.32 Å². The molecule has 1 unspecified atom stereocenters. The van der Waals surface area contributed by atoms with Gasteiger partial charge in [0.05, 0.1) is 16.3 Å². The fraction of sp³-hybridized carbons (Fsp3) is 0.536. The summed E-state index contributed by atoms with van der Waals surface area (Å²) in [6.45, 7) is 8.16. The Hall–Kier alpha value is -2.93. The van der Waals surface area contributed by atoms with Crippen molar-refractivity contribution < 1.29 is 28.1 Å². The molecule has 4 rings (SSSR count). The molecule has 2 aliphatic rings. The number of hydrogen-bond acceptors (Lipinski definition) is 9. The zero-order valence-corrected chi connectivity index (χ0v) is 24.5. The van der Waals surface area contributed by atoms with Crippen LogP contribution in [0.4, 0.5) is 19.0 Å². The third-order valence-electron chi connectivity index (χ3n) is 7.61. The van der Waals surface area contributed by atoms with Gasteiger partial charge in [-0.3, -0.25) is 4.90 Å². The molecule has 2 atom stereocenters. The third kappa shape index (κ3) is 6.45. The van der Waals surface area contributed by atoms with Crippen LogP contribution in [0.3, 0.4) is 0 Å². The number of aliphatic hydroxyl groups is 2. The molecule has 9 nitrogen and oxygen atoms in total. The Balaban J connectivity index is 1.68. The van der Waals surface area contributed by atoms with E-state index in [-0.39, 0.29) is 34.9 Å². The molecule has 2 aliphatic heterocycles. The number of aliphatic hydroxyl groups excluding tert-OH is 2. The van der Waals surface area contributed by atoms with Crippen LogP contribution >= 0.6 is 11.6 Å². The number of rotatable bonds is 10. The van der Waals surface area contributed by atoms with Crippen molar-refractivity contribution in [2.45, 2.75) is 46.0 Å². The monoisotopic (exact) mass is 596 g/mol. The lowest BCUT2D eigenvalue weighted by molar-refractivity contribution is -0.207. The number of aromatic nitrogens is 2. The van der Waals surface area contributed by atoms with Crippen molar-refractivity contribution in [3.05, 3.63) is 40.2 Å². The van der Waals surface area contributed by atoms with Crippen LogP contribution in [0.2, 0.25) is 5.02 Å². The molecular weight excluding hydrogens is 561 g/mol. The van der Waals surface area contributed by atoms with E-state index in [1.807, 2.05) is 4.90 Å². The predicted molar refractivity (Wildman–Crippen MR) is 153 cm³/mol. The van der Waals surface area contributed by atoms with Gasteiger partial charge in [0, 0.05) is 55.0 Å². The molecule has 4 N–H and O–H groups in total. The Morgan fingerprint density at radius 2 is 1.88 bits per heavy atom. The Bertz CT molecular complexity index is 1330. The molecule has 2 fully saturated rings. The third-order valence-corrected chi connectivity index (χ3v) is 7.93. The minimum absolute atomic E-state index is 0.0522. The highest BCUT2D eigenvalue weighted by Crippen LogP contribution is 2.46. The molecule has 0 bridgehead atoms. The second kappa shape index (κ2) is 11.7.